The molecule has 0 fully saturated rings. The van der Waals surface area contributed by atoms with E-state index in [4.69, 9.17) is 0 Å². The summed E-state index contributed by atoms with van der Waals surface area (Å²) in [5.41, 5.74) is 1.47. The third kappa shape index (κ3) is 18.5. The molecule has 0 spiro atoms. The normalized spacial score (nSPS) is 10.6. The molecule has 2 heterocycles. The lowest BCUT2D eigenvalue weighted by atomic mass is 10.0. The van der Waals surface area contributed by atoms with Crippen LogP contribution in [0.5, 0.6) is 0 Å². The molecule has 2 heteroatoms. The van der Waals surface area contributed by atoms with Crippen LogP contribution in [0, 0.1) is 0 Å². The first-order chi connectivity index (χ1) is 14.9. The van der Waals surface area contributed by atoms with E-state index in [0.29, 0.717) is 0 Å². The fourth-order valence-electron chi connectivity index (χ4n) is 3.88. The standard InChI is InChI=1S/C23H43N.C5H5N/c1-2-3-4-5-6-7-8-9-10-11-12-13-14-15-16-17-18-19-23-20-21-24-22-23;1-2-4-6-5-3-1/h20-22,24H,2-19H2,1H3;1-5H. The zero-order chi connectivity index (χ0) is 21.4. The Hall–Kier alpha value is -1.57. The van der Waals surface area contributed by atoms with E-state index >= 15 is 0 Å². The predicted molar refractivity (Wildman–Crippen MR) is 133 cm³/mol. The fraction of sp³-hybridized carbons (Fsp3) is 0.679. The summed E-state index contributed by atoms with van der Waals surface area (Å²) in [6.07, 6.45) is 33.6. The predicted octanol–water partition coefficient (Wildman–Crippen LogP) is 9.29. The molecule has 0 saturated heterocycles. The zero-order valence-electron chi connectivity index (χ0n) is 19.8. The van der Waals surface area contributed by atoms with Crippen LogP contribution in [0.3, 0.4) is 0 Å². The summed E-state index contributed by atoms with van der Waals surface area (Å²) in [6.45, 7) is 2.30. The summed E-state index contributed by atoms with van der Waals surface area (Å²) >= 11 is 0. The van der Waals surface area contributed by atoms with Crippen LogP contribution in [0.25, 0.3) is 0 Å². The fourth-order valence-corrected chi connectivity index (χ4v) is 3.88. The van der Waals surface area contributed by atoms with Crippen LogP contribution in [0.1, 0.15) is 122 Å². The Balaban J connectivity index is 0.000000637. The molecule has 2 nitrogen and oxygen atoms in total. The lowest BCUT2D eigenvalue weighted by Gasteiger charge is -2.03. The largest absolute Gasteiger partial charge is 0.367 e. The molecule has 2 aromatic heterocycles. The van der Waals surface area contributed by atoms with E-state index in [9.17, 15) is 0 Å². The average Bonchev–Trinajstić information content (AvgIpc) is 3.31. The number of pyridine rings is 1. The maximum atomic E-state index is 3.78. The van der Waals surface area contributed by atoms with Gasteiger partial charge >= 0.3 is 0 Å². The summed E-state index contributed by atoms with van der Waals surface area (Å²) in [5, 5.41) is 0. The number of aromatic nitrogens is 2. The van der Waals surface area contributed by atoms with E-state index in [1.165, 1.54) is 121 Å². The number of aromatic amines is 1. The van der Waals surface area contributed by atoms with Gasteiger partial charge in [0.25, 0.3) is 0 Å². The second-order valence-electron chi connectivity index (χ2n) is 8.65. The topological polar surface area (TPSA) is 28.7 Å². The van der Waals surface area contributed by atoms with Gasteiger partial charge in [0.15, 0.2) is 0 Å². The summed E-state index contributed by atoms with van der Waals surface area (Å²) in [7, 11) is 0. The van der Waals surface area contributed by atoms with Crippen molar-refractivity contribution in [3.05, 3.63) is 54.6 Å². The number of nitrogens with one attached hydrogen (secondary N) is 1. The van der Waals surface area contributed by atoms with Gasteiger partial charge in [-0.05, 0) is 36.6 Å². The van der Waals surface area contributed by atoms with E-state index in [2.05, 4.69) is 29.2 Å². The third-order valence-electron chi connectivity index (χ3n) is 5.80. The second kappa shape index (κ2) is 22.1. The van der Waals surface area contributed by atoms with E-state index in [1.54, 1.807) is 12.4 Å². The minimum absolute atomic E-state index is 1.25. The van der Waals surface area contributed by atoms with Crippen molar-refractivity contribution in [2.75, 3.05) is 0 Å². The average molecular weight is 413 g/mol. The Kier molecular flexibility index (Phi) is 19.5. The summed E-state index contributed by atoms with van der Waals surface area (Å²) in [5.74, 6) is 0. The van der Waals surface area contributed by atoms with Gasteiger partial charge in [-0.1, -0.05) is 116 Å². The van der Waals surface area contributed by atoms with Gasteiger partial charge in [-0.3, -0.25) is 4.98 Å². The van der Waals surface area contributed by atoms with Crippen molar-refractivity contribution in [3.63, 3.8) is 0 Å². The van der Waals surface area contributed by atoms with Crippen LogP contribution >= 0.6 is 0 Å². The molecular formula is C28H48N2. The maximum Gasteiger partial charge on any atom is 0.0267 e. The van der Waals surface area contributed by atoms with E-state index in [1.807, 2.05) is 24.4 Å². The Bertz CT molecular complexity index is 494. The van der Waals surface area contributed by atoms with Crippen LogP contribution in [0.4, 0.5) is 0 Å². The van der Waals surface area contributed by atoms with E-state index in [0.717, 1.165) is 0 Å². The number of aryl methyl sites for hydroxylation is 1. The molecule has 0 aliphatic rings. The first-order valence-corrected chi connectivity index (χ1v) is 12.9. The summed E-state index contributed by atoms with van der Waals surface area (Å²) in [4.78, 5) is 6.92. The van der Waals surface area contributed by atoms with Crippen LogP contribution in [0.2, 0.25) is 0 Å². The summed E-state index contributed by atoms with van der Waals surface area (Å²) in [6, 6.07) is 7.92. The zero-order valence-corrected chi connectivity index (χ0v) is 19.8. The molecule has 0 saturated carbocycles. The highest BCUT2D eigenvalue weighted by molar-refractivity contribution is 5.07. The first-order valence-electron chi connectivity index (χ1n) is 12.9. The van der Waals surface area contributed by atoms with Gasteiger partial charge in [0.2, 0.25) is 0 Å². The van der Waals surface area contributed by atoms with Crippen molar-refractivity contribution in [3.8, 4) is 0 Å². The molecule has 170 valence electrons. The van der Waals surface area contributed by atoms with Crippen molar-refractivity contribution >= 4 is 0 Å². The number of unbranched alkanes of at least 4 members (excludes halogenated alkanes) is 16. The Morgan fingerprint density at radius 3 is 1.40 bits per heavy atom. The Morgan fingerprint density at radius 1 is 0.600 bits per heavy atom. The van der Waals surface area contributed by atoms with Gasteiger partial charge in [-0.2, -0.15) is 0 Å². The van der Waals surface area contributed by atoms with Crippen molar-refractivity contribution in [2.45, 2.75) is 122 Å². The van der Waals surface area contributed by atoms with Crippen molar-refractivity contribution in [1.29, 1.82) is 0 Å². The number of nitrogens with zero attached hydrogens (tertiary/aromatic N) is 1. The van der Waals surface area contributed by atoms with E-state index in [-0.39, 0.29) is 0 Å². The third-order valence-corrected chi connectivity index (χ3v) is 5.80. The highest BCUT2D eigenvalue weighted by atomic mass is 14.6. The maximum absolute atomic E-state index is 3.78. The Morgan fingerprint density at radius 2 is 1.07 bits per heavy atom. The first kappa shape index (κ1) is 26.5. The molecule has 0 radical (unpaired) electrons. The molecule has 0 aromatic carbocycles. The van der Waals surface area contributed by atoms with Gasteiger partial charge < -0.3 is 4.98 Å². The van der Waals surface area contributed by atoms with Crippen LogP contribution in [-0.2, 0) is 6.42 Å². The monoisotopic (exact) mass is 412 g/mol. The molecule has 0 bridgehead atoms. The van der Waals surface area contributed by atoms with Crippen molar-refractivity contribution < 1.29 is 0 Å². The highest BCUT2D eigenvalue weighted by Crippen LogP contribution is 2.14. The second-order valence-corrected chi connectivity index (χ2v) is 8.65. The van der Waals surface area contributed by atoms with Crippen molar-refractivity contribution in [1.82, 2.24) is 9.97 Å². The molecule has 0 amide bonds. The van der Waals surface area contributed by atoms with Gasteiger partial charge in [-0.15, -0.1) is 0 Å². The minimum atomic E-state index is 1.25. The van der Waals surface area contributed by atoms with E-state index < -0.39 is 0 Å². The number of H-pyrrole nitrogens is 1. The lowest BCUT2D eigenvalue weighted by Crippen LogP contribution is -1.85. The minimum Gasteiger partial charge on any atom is -0.367 e. The number of hydrogen-bond acceptors (Lipinski definition) is 1. The quantitative estimate of drug-likeness (QED) is 0.243. The molecule has 30 heavy (non-hydrogen) atoms. The van der Waals surface area contributed by atoms with Crippen LogP contribution in [0.15, 0.2) is 49.1 Å². The van der Waals surface area contributed by atoms with Crippen LogP contribution < -0.4 is 0 Å². The number of hydrogen-bond donors (Lipinski definition) is 1. The highest BCUT2D eigenvalue weighted by Gasteiger charge is 1.96. The van der Waals surface area contributed by atoms with Gasteiger partial charge in [0, 0.05) is 24.8 Å². The van der Waals surface area contributed by atoms with Gasteiger partial charge in [0.05, 0.1) is 0 Å². The summed E-state index contributed by atoms with van der Waals surface area (Å²) < 4.78 is 0. The molecule has 2 rings (SSSR count). The molecule has 2 aromatic rings. The number of rotatable bonds is 18. The molecule has 0 atom stereocenters. The SMILES string of the molecule is CCCCCCCCCCCCCCCCCCCc1cc[nH]c1.c1ccncc1. The van der Waals surface area contributed by atoms with Gasteiger partial charge in [0.1, 0.15) is 0 Å². The van der Waals surface area contributed by atoms with Crippen molar-refractivity contribution in [2.24, 2.45) is 0 Å². The molecule has 0 aliphatic carbocycles. The molecule has 0 unspecified atom stereocenters. The van der Waals surface area contributed by atoms with Crippen LogP contribution in [-0.4, -0.2) is 9.97 Å². The van der Waals surface area contributed by atoms with Gasteiger partial charge in [-0.25, -0.2) is 0 Å². The smallest absolute Gasteiger partial charge is 0.0267 e. The Labute approximate surface area is 187 Å². The molecular weight excluding hydrogens is 364 g/mol. The molecule has 0 aliphatic heterocycles. The molecule has 1 N–H and O–H groups in total. The lowest BCUT2D eigenvalue weighted by molar-refractivity contribution is 0.527.